The summed E-state index contributed by atoms with van der Waals surface area (Å²) in [6.45, 7) is 0.562. The van der Waals surface area contributed by atoms with Crippen LogP contribution in [0.25, 0.3) is 0 Å². The van der Waals surface area contributed by atoms with Crippen LogP contribution in [0.3, 0.4) is 0 Å². The van der Waals surface area contributed by atoms with Gasteiger partial charge in [-0.15, -0.1) is 0 Å². The van der Waals surface area contributed by atoms with Gasteiger partial charge in [-0.25, -0.2) is 4.39 Å². The van der Waals surface area contributed by atoms with Gasteiger partial charge in [-0.2, -0.15) is 5.26 Å². The molecular weight excluding hydrogens is 289 g/mol. The predicted molar refractivity (Wildman–Crippen MR) is 65.2 cm³/mol. The standard InChI is InChI=1S/C12H13BrFNO2/c13-11-9(8-15)4-5-10(12(11)14)17-7-3-1-2-6-16/h4-5,16H,1-3,6-7H2. The smallest absolute Gasteiger partial charge is 0.180 e. The van der Waals surface area contributed by atoms with Crippen LogP contribution in [0, 0.1) is 17.1 Å². The highest BCUT2D eigenvalue weighted by Crippen LogP contribution is 2.28. The maximum absolute atomic E-state index is 13.7. The third kappa shape index (κ3) is 3.99. The highest BCUT2D eigenvalue weighted by molar-refractivity contribution is 9.10. The maximum atomic E-state index is 13.7. The molecule has 0 aliphatic carbocycles. The molecule has 0 spiro atoms. The summed E-state index contributed by atoms with van der Waals surface area (Å²) < 4.78 is 19.1. The van der Waals surface area contributed by atoms with Gasteiger partial charge in [0.1, 0.15) is 6.07 Å². The summed E-state index contributed by atoms with van der Waals surface area (Å²) in [6.07, 6.45) is 2.33. The number of benzene rings is 1. The van der Waals surface area contributed by atoms with Crippen LogP contribution in [-0.2, 0) is 0 Å². The van der Waals surface area contributed by atoms with Crippen LogP contribution in [0.4, 0.5) is 4.39 Å². The van der Waals surface area contributed by atoms with Crippen LogP contribution < -0.4 is 4.74 Å². The Labute approximate surface area is 108 Å². The molecule has 0 amide bonds. The van der Waals surface area contributed by atoms with E-state index in [9.17, 15) is 4.39 Å². The Balaban J connectivity index is 2.55. The number of nitriles is 1. The number of hydrogen-bond donors (Lipinski definition) is 1. The number of ether oxygens (including phenoxy) is 1. The van der Waals surface area contributed by atoms with Crippen LogP contribution in [-0.4, -0.2) is 18.3 Å². The number of halogens is 2. The fourth-order valence-electron chi connectivity index (χ4n) is 1.30. The number of hydrogen-bond acceptors (Lipinski definition) is 3. The molecule has 0 saturated heterocycles. The quantitative estimate of drug-likeness (QED) is 0.822. The Morgan fingerprint density at radius 1 is 1.35 bits per heavy atom. The molecule has 0 aliphatic rings. The van der Waals surface area contributed by atoms with Crippen molar-refractivity contribution < 1.29 is 14.2 Å². The summed E-state index contributed by atoms with van der Waals surface area (Å²) in [5, 5.41) is 17.3. The number of unbranched alkanes of at least 4 members (excludes halogenated alkanes) is 2. The van der Waals surface area contributed by atoms with Crippen molar-refractivity contribution in [1.82, 2.24) is 0 Å². The molecule has 1 aromatic rings. The fourth-order valence-corrected chi connectivity index (χ4v) is 1.72. The molecule has 0 unspecified atom stereocenters. The Kier molecular flexibility index (Phi) is 5.95. The van der Waals surface area contributed by atoms with Gasteiger partial charge in [-0.1, -0.05) is 0 Å². The van der Waals surface area contributed by atoms with Crippen LogP contribution in [0.1, 0.15) is 24.8 Å². The Morgan fingerprint density at radius 3 is 2.76 bits per heavy atom. The molecule has 0 aromatic heterocycles. The molecule has 0 fully saturated rings. The molecule has 0 aliphatic heterocycles. The molecule has 0 heterocycles. The van der Waals surface area contributed by atoms with Gasteiger partial charge in [-0.05, 0) is 47.3 Å². The van der Waals surface area contributed by atoms with E-state index in [1.165, 1.54) is 12.1 Å². The van der Waals surface area contributed by atoms with Gasteiger partial charge in [0.15, 0.2) is 11.6 Å². The van der Waals surface area contributed by atoms with Crippen molar-refractivity contribution in [3.63, 3.8) is 0 Å². The van der Waals surface area contributed by atoms with Gasteiger partial charge in [0.25, 0.3) is 0 Å². The van der Waals surface area contributed by atoms with Gasteiger partial charge in [-0.3, -0.25) is 0 Å². The lowest BCUT2D eigenvalue weighted by Gasteiger charge is -2.08. The third-order valence-corrected chi connectivity index (χ3v) is 3.00. The third-order valence-electron chi connectivity index (χ3n) is 2.23. The fraction of sp³-hybridized carbons (Fsp3) is 0.417. The van der Waals surface area contributed by atoms with Crippen molar-refractivity contribution in [2.24, 2.45) is 0 Å². The average Bonchev–Trinajstić information content (AvgIpc) is 2.34. The van der Waals surface area contributed by atoms with E-state index in [0.29, 0.717) is 6.61 Å². The normalized spacial score (nSPS) is 10.0. The van der Waals surface area contributed by atoms with Gasteiger partial charge in [0.05, 0.1) is 16.6 Å². The number of aliphatic hydroxyl groups excluding tert-OH is 1. The van der Waals surface area contributed by atoms with Crippen molar-refractivity contribution in [2.45, 2.75) is 19.3 Å². The van der Waals surface area contributed by atoms with Crippen molar-refractivity contribution in [2.75, 3.05) is 13.2 Å². The lowest BCUT2D eigenvalue weighted by Crippen LogP contribution is -2.00. The van der Waals surface area contributed by atoms with Gasteiger partial charge < -0.3 is 9.84 Å². The van der Waals surface area contributed by atoms with Crippen LogP contribution in [0.5, 0.6) is 5.75 Å². The minimum Gasteiger partial charge on any atom is -0.490 e. The summed E-state index contributed by atoms with van der Waals surface area (Å²) in [4.78, 5) is 0. The molecule has 0 saturated carbocycles. The van der Waals surface area contributed by atoms with Crippen LogP contribution in [0.2, 0.25) is 0 Å². The van der Waals surface area contributed by atoms with Crippen LogP contribution in [0.15, 0.2) is 16.6 Å². The monoisotopic (exact) mass is 301 g/mol. The minimum absolute atomic E-state index is 0.132. The zero-order valence-electron chi connectivity index (χ0n) is 9.25. The first-order valence-corrected chi connectivity index (χ1v) is 6.11. The van der Waals surface area contributed by atoms with E-state index in [2.05, 4.69) is 15.9 Å². The molecule has 5 heteroatoms. The molecule has 92 valence electrons. The largest absolute Gasteiger partial charge is 0.490 e. The summed E-state index contributed by atoms with van der Waals surface area (Å²) in [5.74, 6) is -0.411. The molecule has 0 atom stereocenters. The van der Waals surface area contributed by atoms with E-state index >= 15 is 0 Å². The molecular formula is C12H13BrFNO2. The number of aliphatic hydroxyl groups is 1. The highest BCUT2D eigenvalue weighted by atomic mass is 79.9. The topological polar surface area (TPSA) is 53.2 Å². The molecule has 3 nitrogen and oxygen atoms in total. The molecule has 1 rings (SSSR count). The van der Waals surface area contributed by atoms with E-state index in [1.807, 2.05) is 6.07 Å². The summed E-state index contributed by atoms with van der Waals surface area (Å²) >= 11 is 3.01. The molecule has 1 N–H and O–H groups in total. The maximum Gasteiger partial charge on any atom is 0.180 e. The van der Waals surface area contributed by atoms with E-state index in [0.717, 1.165) is 19.3 Å². The lowest BCUT2D eigenvalue weighted by atomic mass is 10.2. The van der Waals surface area contributed by atoms with Crippen molar-refractivity contribution in [3.8, 4) is 11.8 Å². The van der Waals surface area contributed by atoms with Crippen molar-refractivity contribution >= 4 is 15.9 Å². The molecule has 0 radical (unpaired) electrons. The Bertz CT molecular complexity index is 418. The van der Waals surface area contributed by atoms with Gasteiger partial charge in [0.2, 0.25) is 0 Å². The Morgan fingerprint density at radius 2 is 2.12 bits per heavy atom. The number of rotatable bonds is 6. The predicted octanol–water partition coefficient (Wildman–Crippen LogP) is 3.00. The van der Waals surface area contributed by atoms with E-state index in [1.54, 1.807) is 0 Å². The van der Waals surface area contributed by atoms with Crippen molar-refractivity contribution in [3.05, 3.63) is 28.0 Å². The summed E-state index contributed by atoms with van der Waals surface area (Å²) in [7, 11) is 0. The van der Waals surface area contributed by atoms with Gasteiger partial charge >= 0.3 is 0 Å². The molecule has 17 heavy (non-hydrogen) atoms. The van der Waals surface area contributed by atoms with E-state index in [-0.39, 0.29) is 22.4 Å². The second-order valence-corrected chi connectivity index (χ2v) is 4.28. The second kappa shape index (κ2) is 7.25. The minimum atomic E-state index is -0.550. The lowest BCUT2D eigenvalue weighted by molar-refractivity contribution is 0.261. The zero-order valence-corrected chi connectivity index (χ0v) is 10.8. The van der Waals surface area contributed by atoms with Crippen LogP contribution >= 0.6 is 15.9 Å². The first-order chi connectivity index (χ1) is 8.20. The number of nitrogens with zero attached hydrogens (tertiary/aromatic N) is 1. The SMILES string of the molecule is N#Cc1ccc(OCCCCCO)c(F)c1Br. The first kappa shape index (κ1) is 13.9. The highest BCUT2D eigenvalue weighted by Gasteiger charge is 2.11. The molecule has 0 bridgehead atoms. The Hall–Kier alpha value is -1.12. The second-order valence-electron chi connectivity index (χ2n) is 3.48. The average molecular weight is 302 g/mol. The van der Waals surface area contributed by atoms with E-state index in [4.69, 9.17) is 15.1 Å². The van der Waals surface area contributed by atoms with Crippen molar-refractivity contribution in [1.29, 1.82) is 5.26 Å². The van der Waals surface area contributed by atoms with E-state index < -0.39 is 5.82 Å². The van der Waals surface area contributed by atoms with Gasteiger partial charge in [0, 0.05) is 6.61 Å². The summed E-state index contributed by atoms with van der Waals surface area (Å²) in [5.41, 5.74) is 0.245. The summed E-state index contributed by atoms with van der Waals surface area (Å²) in [6, 6.07) is 4.84. The molecule has 1 aromatic carbocycles. The first-order valence-electron chi connectivity index (χ1n) is 5.32. The zero-order chi connectivity index (χ0) is 12.7.